The van der Waals surface area contributed by atoms with E-state index in [1.54, 1.807) is 6.20 Å². The van der Waals surface area contributed by atoms with Crippen molar-refractivity contribution < 1.29 is 14.7 Å². The van der Waals surface area contributed by atoms with Crippen molar-refractivity contribution in [3.05, 3.63) is 16.6 Å². The van der Waals surface area contributed by atoms with Crippen molar-refractivity contribution in [1.29, 1.82) is 0 Å². The maximum Gasteiger partial charge on any atom is 0.307 e. The summed E-state index contributed by atoms with van der Waals surface area (Å²) in [5.41, 5.74) is 0. The Morgan fingerprint density at radius 3 is 2.93 bits per heavy atom. The highest BCUT2D eigenvalue weighted by atomic mass is 32.1. The molecule has 1 aromatic rings. The predicted molar refractivity (Wildman–Crippen MR) is 53.2 cm³/mol. The van der Waals surface area contributed by atoms with Gasteiger partial charge in [0.2, 0.25) is 5.91 Å². The normalized spacial score (nSPS) is 23.5. The van der Waals surface area contributed by atoms with E-state index in [0.717, 1.165) is 5.01 Å². The van der Waals surface area contributed by atoms with Gasteiger partial charge in [0, 0.05) is 11.6 Å². The first kappa shape index (κ1) is 10.1. The van der Waals surface area contributed by atoms with E-state index < -0.39 is 11.9 Å². The van der Waals surface area contributed by atoms with Crippen molar-refractivity contribution >= 4 is 23.2 Å². The number of rotatable bonds is 4. The summed E-state index contributed by atoms with van der Waals surface area (Å²) in [5, 5.41) is 14.0. The third-order valence-corrected chi connectivity index (χ3v) is 3.12. The van der Waals surface area contributed by atoms with Crippen LogP contribution in [0.15, 0.2) is 11.6 Å². The lowest BCUT2D eigenvalue weighted by Gasteiger charge is -2.00. The summed E-state index contributed by atoms with van der Waals surface area (Å²) >= 11 is 1.46. The molecule has 1 saturated carbocycles. The highest BCUT2D eigenvalue weighted by Crippen LogP contribution is 2.38. The van der Waals surface area contributed by atoms with Crippen molar-refractivity contribution in [2.75, 3.05) is 0 Å². The Bertz CT molecular complexity index is 377. The molecule has 0 unspecified atom stereocenters. The SMILES string of the molecule is O=C(O)[C@H]1C[C@H]1C(=O)NCc1nccs1. The molecule has 0 spiro atoms. The van der Waals surface area contributed by atoms with Gasteiger partial charge in [-0.3, -0.25) is 9.59 Å². The molecule has 15 heavy (non-hydrogen) atoms. The molecule has 1 heterocycles. The fourth-order valence-corrected chi connectivity index (χ4v) is 1.95. The number of nitrogens with zero attached hydrogens (tertiary/aromatic N) is 1. The molecule has 5 nitrogen and oxygen atoms in total. The summed E-state index contributed by atoms with van der Waals surface area (Å²) in [6.45, 7) is 0.388. The third-order valence-electron chi connectivity index (χ3n) is 2.34. The van der Waals surface area contributed by atoms with Crippen LogP contribution in [0.4, 0.5) is 0 Å². The van der Waals surface area contributed by atoms with Gasteiger partial charge in [-0.25, -0.2) is 4.98 Å². The largest absolute Gasteiger partial charge is 0.481 e. The lowest BCUT2D eigenvalue weighted by Crippen LogP contribution is -2.25. The molecule has 0 radical (unpaired) electrons. The zero-order valence-corrected chi connectivity index (χ0v) is 8.66. The molecule has 2 rings (SSSR count). The number of amides is 1. The molecule has 1 amide bonds. The van der Waals surface area contributed by atoms with Crippen molar-refractivity contribution in [2.24, 2.45) is 11.8 Å². The van der Waals surface area contributed by atoms with Crippen LogP contribution in [-0.2, 0) is 16.1 Å². The van der Waals surface area contributed by atoms with Crippen LogP contribution >= 0.6 is 11.3 Å². The number of hydrogen-bond acceptors (Lipinski definition) is 4. The lowest BCUT2D eigenvalue weighted by molar-refractivity contribution is -0.140. The highest BCUT2D eigenvalue weighted by molar-refractivity contribution is 7.09. The van der Waals surface area contributed by atoms with Gasteiger partial charge in [0.15, 0.2) is 0 Å². The number of aromatic nitrogens is 1. The predicted octanol–water partition coefficient (Wildman–Crippen LogP) is 0.480. The molecule has 0 bridgehead atoms. The summed E-state index contributed by atoms with van der Waals surface area (Å²) in [6, 6.07) is 0. The Kier molecular flexibility index (Phi) is 2.68. The van der Waals surface area contributed by atoms with Crippen molar-refractivity contribution in [1.82, 2.24) is 10.3 Å². The van der Waals surface area contributed by atoms with Crippen LogP contribution in [0.2, 0.25) is 0 Å². The van der Waals surface area contributed by atoms with Crippen LogP contribution < -0.4 is 5.32 Å². The Morgan fingerprint density at radius 2 is 2.40 bits per heavy atom. The van der Waals surface area contributed by atoms with E-state index in [0.29, 0.717) is 13.0 Å². The standard InChI is InChI=1S/C9H10N2O3S/c12-8(5-3-6(5)9(13)14)11-4-7-10-1-2-15-7/h1-2,5-6H,3-4H2,(H,11,12)(H,13,14)/t5-,6+/m1/s1. The van der Waals surface area contributed by atoms with Crippen LogP contribution in [0.25, 0.3) is 0 Å². The van der Waals surface area contributed by atoms with Gasteiger partial charge in [0.1, 0.15) is 5.01 Å². The number of carboxylic acid groups (broad SMARTS) is 1. The van der Waals surface area contributed by atoms with E-state index in [-0.39, 0.29) is 11.8 Å². The van der Waals surface area contributed by atoms with Gasteiger partial charge in [-0.1, -0.05) is 0 Å². The maximum atomic E-state index is 11.4. The fraction of sp³-hybridized carbons (Fsp3) is 0.444. The van der Waals surface area contributed by atoms with Gasteiger partial charge in [-0.2, -0.15) is 0 Å². The Hall–Kier alpha value is -1.43. The molecule has 1 aliphatic carbocycles. The van der Waals surface area contributed by atoms with Crippen molar-refractivity contribution in [3.63, 3.8) is 0 Å². The fourth-order valence-electron chi connectivity index (χ4n) is 1.39. The second-order valence-electron chi connectivity index (χ2n) is 3.43. The highest BCUT2D eigenvalue weighted by Gasteiger charge is 2.48. The molecule has 1 aliphatic rings. The average molecular weight is 226 g/mol. The first-order chi connectivity index (χ1) is 7.18. The Labute approximate surface area is 90.1 Å². The van der Waals surface area contributed by atoms with Gasteiger partial charge >= 0.3 is 5.97 Å². The smallest absolute Gasteiger partial charge is 0.307 e. The number of aliphatic carboxylic acids is 1. The molecular weight excluding hydrogens is 216 g/mol. The molecule has 2 atom stereocenters. The summed E-state index contributed by atoms with van der Waals surface area (Å²) in [5.74, 6) is -1.90. The average Bonchev–Trinajstić information content (AvgIpc) is 2.85. The third kappa shape index (κ3) is 2.33. The molecule has 0 aliphatic heterocycles. The molecule has 2 N–H and O–H groups in total. The number of nitrogens with one attached hydrogen (secondary N) is 1. The number of thiazole rings is 1. The minimum atomic E-state index is -0.885. The first-order valence-electron chi connectivity index (χ1n) is 4.57. The van der Waals surface area contributed by atoms with Crippen molar-refractivity contribution in [3.8, 4) is 0 Å². The number of carbonyl (C=O) groups excluding carboxylic acids is 1. The molecule has 1 fully saturated rings. The lowest BCUT2D eigenvalue weighted by atomic mass is 10.3. The zero-order valence-electron chi connectivity index (χ0n) is 7.84. The van der Waals surface area contributed by atoms with Gasteiger partial charge in [0.25, 0.3) is 0 Å². The topological polar surface area (TPSA) is 79.3 Å². The second-order valence-corrected chi connectivity index (χ2v) is 4.41. The molecule has 1 aromatic heterocycles. The zero-order chi connectivity index (χ0) is 10.8. The quantitative estimate of drug-likeness (QED) is 0.782. The van der Waals surface area contributed by atoms with E-state index in [4.69, 9.17) is 5.11 Å². The summed E-state index contributed by atoms with van der Waals surface area (Å²) in [6.07, 6.45) is 2.13. The van der Waals surface area contributed by atoms with Crippen LogP contribution in [0.3, 0.4) is 0 Å². The monoisotopic (exact) mass is 226 g/mol. The van der Waals surface area contributed by atoms with E-state index in [1.807, 2.05) is 5.38 Å². The summed E-state index contributed by atoms with van der Waals surface area (Å²) in [4.78, 5) is 25.9. The van der Waals surface area contributed by atoms with Gasteiger partial charge in [-0.15, -0.1) is 11.3 Å². The minimum absolute atomic E-state index is 0.183. The number of carboxylic acids is 1. The Morgan fingerprint density at radius 1 is 1.60 bits per heavy atom. The van der Waals surface area contributed by atoms with E-state index in [9.17, 15) is 9.59 Å². The molecule has 0 saturated heterocycles. The molecule has 80 valence electrons. The number of hydrogen-bond donors (Lipinski definition) is 2. The van der Waals surface area contributed by atoms with Gasteiger partial charge < -0.3 is 10.4 Å². The summed E-state index contributed by atoms with van der Waals surface area (Å²) < 4.78 is 0. The van der Waals surface area contributed by atoms with E-state index >= 15 is 0 Å². The summed E-state index contributed by atoms with van der Waals surface area (Å²) in [7, 11) is 0. The van der Waals surface area contributed by atoms with Gasteiger partial charge in [-0.05, 0) is 6.42 Å². The van der Waals surface area contributed by atoms with E-state index in [1.165, 1.54) is 11.3 Å². The van der Waals surface area contributed by atoms with Crippen LogP contribution in [0.1, 0.15) is 11.4 Å². The number of carbonyl (C=O) groups is 2. The minimum Gasteiger partial charge on any atom is -0.481 e. The molecule has 0 aromatic carbocycles. The van der Waals surface area contributed by atoms with Crippen LogP contribution in [-0.4, -0.2) is 22.0 Å². The molecular formula is C9H10N2O3S. The maximum absolute atomic E-state index is 11.4. The van der Waals surface area contributed by atoms with Crippen LogP contribution in [0, 0.1) is 11.8 Å². The first-order valence-corrected chi connectivity index (χ1v) is 5.45. The van der Waals surface area contributed by atoms with E-state index in [2.05, 4.69) is 10.3 Å². The Balaban J connectivity index is 1.77. The molecule has 6 heteroatoms. The van der Waals surface area contributed by atoms with Gasteiger partial charge in [0.05, 0.1) is 18.4 Å². The second kappa shape index (κ2) is 3.98. The van der Waals surface area contributed by atoms with Crippen molar-refractivity contribution in [2.45, 2.75) is 13.0 Å². The van der Waals surface area contributed by atoms with Crippen LogP contribution in [0.5, 0.6) is 0 Å².